The van der Waals surface area contributed by atoms with Crippen molar-refractivity contribution in [3.05, 3.63) is 28.8 Å². The molecule has 8 heteroatoms. The molecule has 0 aliphatic rings. The number of nitrogens with one attached hydrogen (secondary N) is 1. The summed E-state index contributed by atoms with van der Waals surface area (Å²) in [5.74, 6) is 1.03. The molecular formula is C15H20N4O3S. The summed E-state index contributed by atoms with van der Waals surface area (Å²) in [5.41, 5.74) is 6.04. The Balaban J connectivity index is 1.96. The quantitative estimate of drug-likeness (QED) is 0.764. The van der Waals surface area contributed by atoms with Gasteiger partial charge < -0.3 is 20.5 Å². The second-order valence-corrected chi connectivity index (χ2v) is 5.66. The molecule has 0 unspecified atom stereocenters. The van der Waals surface area contributed by atoms with Crippen molar-refractivity contribution < 1.29 is 14.3 Å². The van der Waals surface area contributed by atoms with Gasteiger partial charge in [0, 0.05) is 18.5 Å². The van der Waals surface area contributed by atoms with E-state index in [1.165, 1.54) is 11.3 Å². The Morgan fingerprint density at radius 2 is 1.96 bits per heavy atom. The standard InChI is InChI=1S/C15H20N4O3S/c1-3-21-11-6-5-10(9-12(11)22-4-2)14(20)17-8-7-13-18-19-15(16)23-13/h5-6,9H,3-4,7-8H2,1-2H3,(H2,16,19)(H,17,20). The van der Waals surface area contributed by atoms with E-state index in [4.69, 9.17) is 15.2 Å². The number of hydrogen-bond donors (Lipinski definition) is 2. The number of carbonyl (C=O) groups is 1. The average Bonchev–Trinajstić information content (AvgIpc) is 2.95. The van der Waals surface area contributed by atoms with Crippen LogP contribution < -0.4 is 20.5 Å². The Hall–Kier alpha value is -2.35. The monoisotopic (exact) mass is 336 g/mol. The third kappa shape index (κ3) is 4.82. The number of nitrogens with two attached hydrogens (primary N) is 1. The second-order valence-electron chi connectivity index (χ2n) is 4.57. The molecule has 23 heavy (non-hydrogen) atoms. The Morgan fingerprint density at radius 1 is 1.22 bits per heavy atom. The molecule has 0 spiro atoms. The van der Waals surface area contributed by atoms with Crippen LogP contribution in [-0.2, 0) is 6.42 Å². The van der Waals surface area contributed by atoms with E-state index in [0.717, 1.165) is 5.01 Å². The third-order valence-electron chi connectivity index (χ3n) is 2.91. The van der Waals surface area contributed by atoms with Gasteiger partial charge in [-0.25, -0.2) is 0 Å². The van der Waals surface area contributed by atoms with E-state index in [1.807, 2.05) is 13.8 Å². The van der Waals surface area contributed by atoms with Gasteiger partial charge in [0.25, 0.3) is 5.91 Å². The number of anilines is 1. The lowest BCUT2D eigenvalue weighted by Crippen LogP contribution is -2.25. The van der Waals surface area contributed by atoms with Crippen molar-refractivity contribution in [1.29, 1.82) is 0 Å². The molecule has 0 radical (unpaired) electrons. The fourth-order valence-electron chi connectivity index (χ4n) is 1.94. The first-order chi connectivity index (χ1) is 11.1. The van der Waals surface area contributed by atoms with Gasteiger partial charge >= 0.3 is 0 Å². The molecule has 0 saturated carbocycles. The largest absolute Gasteiger partial charge is 0.490 e. The highest BCUT2D eigenvalue weighted by molar-refractivity contribution is 7.15. The highest BCUT2D eigenvalue weighted by Crippen LogP contribution is 2.28. The number of nitrogens with zero attached hydrogens (tertiary/aromatic N) is 2. The van der Waals surface area contributed by atoms with Crippen molar-refractivity contribution in [1.82, 2.24) is 15.5 Å². The van der Waals surface area contributed by atoms with E-state index < -0.39 is 0 Å². The Bertz CT molecular complexity index is 660. The number of nitrogen functional groups attached to an aromatic ring is 1. The zero-order valence-corrected chi connectivity index (χ0v) is 14.0. The molecular weight excluding hydrogens is 316 g/mol. The summed E-state index contributed by atoms with van der Waals surface area (Å²) in [4.78, 5) is 12.2. The van der Waals surface area contributed by atoms with E-state index in [1.54, 1.807) is 18.2 Å². The normalized spacial score (nSPS) is 10.3. The van der Waals surface area contributed by atoms with Crippen molar-refractivity contribution in [3.63, 3.8) is 0 Å². The highest BCUT2D eigenvalue weighted by Gasteiger charge is 2.11. The summed E-state index contributed by atoms with van der Waals surface area (Å²) < 4.78 is 11.0. The second kappa shape index (κ2) is 8.33. The minimum atomic E-state index is -0.175. The minimum absolute atomic E-state index is 0.175. The van der Waals surface area contributed by atoms with Gasteiger partial charge in [-0.3, -0.25) is 4.79 Å². The molecule has 0 atom stereocenters. The van der Waals surface area contributed by atoms with E-state index in [-0.39, 0.29) is 5.91 Å². The van der Waals surface area contributed by atoms with Crippen LogP contribution in [-0.4, -0.2) is 35.9 Å². The first-order valence-electron chi connectivity index (χ1n) is 7.39. The van der Waals surface area contributed by atoms with Gasteiger partial charge in [0.1, 0.15) is 5.01 Å². The summed E-state index contributed by atoms with van der Waals surface area (Å²) >= 11 is 1.32. The molecule has 1 aromatic carbocycles. The summed E-state index contributed by atoms with van der Waals surface area (Å²) in [6, 6.07) is 5.15. The van der Waals surface area contributed by atoms with Gasteiger partial charge in [-0.1, -0.05) is 11.3 Å². The van der Waals surface area contributed by atoms with E-state index in [0.29, 0.717) is 48.4 Å². The topological polar surface area (TPSA) is 99.4 Å². The van der Waals surface area contributed by atoms with Crippen LogP contribution in [0.3, 0.4) is 0 Å². The molecule has 0 aliphatic heterocycles. The Labute approximate surface area is 138 Å². The van der Waals surface area contributed by atoms with Gasteiger partial charge in [-0.15, -0.1) is 10.2 Å². The lowest BCUT2D eigenvalue weighted by molar-refractivity contribution is 0.0953. The number of benzene rings is 1. The molecule has 2 aromatic rings. The van der Waals surface area contributed by atoms with E-state index in [2.05, 4.69) is 15.5 Å². The van der Waals surface area contributed by atoms with Gasteiger partial charge in [-0.2, -0.15) is 0 Å². The molecule has 1 aromatic heterocycles. The van der Waals surface area contributed by atoms with Crippen LogP contribution in [0.15, 0.2) is 18.2 Å². The number of hydrogen-bond acceptors (Lipinski definition) is 7. The Kier molecular flexibility index (Phi) is 6.16. The van der Waals surface area contributed by atoms with Crippen molar-refractivity contribution in [2.45, 2.75) is 20.3 Å². The summed E-state index contributed by atoms with van der Waals surface area (Å²) in [5, 5.41) is 11.7. The summed E-state index contributed by atoms with van der Waals surface area (Å²) in [7, 11) is 0. The maximum Gasteiger partial charge on any atom is 0.251 e. The summed E-state index contributed by atoms with van der Waals surface area (Å²) in [6.45, 7) is 5.29. The fourth-order valence-corrected chi connectivity index (χ4v) is 2.55. The predicted molar refractivity (Wildman–Crippen MR) is 89.1 cm³/mol. The van der Waals surface area contributed by atoms with Crippen LogP contribution in [0.4, 0.5) is 5.13 Å². The van der Waals surface area contributed by atoms with Crippen LogP contribution in [0.25, 0.3) is 0 Å². The number of aromatic nitrogens is 2. The van der Waals surface area contributed by atoms with Crippen LogP contribution in [0.1, 0.15) is 29.2 Å². The zero-order valence-electron chi connectivity index (χ0n) is 13.2. The smallest absolute Gasteiger partial charge is 0.251 e. The van der Waals surface area contributed by atoms with Crippen LogP contribution >= 0.6 is 11.3 Å². The van der Waals surface area contributed by atoms with Crippen molar-refractivity contribution in [2.24, 2.45) is 0 Å². The summed E-state index contributed by atoms with van der Waals surface area (Å²) in [6.07, 6.45) is 0.593. The van der Waals surface area contributed by atoms with Crippen molar-refractivity contribution in [2.75, 3.05) is 25.5 Å². The zero-order chi connectivity index (χ0) is 16.7. The molecule has 0 aliphatic carbocycles. The number of amides is 1. The molecule has 0 saturated heterocycles. The van der Waals surface area contributed by atoms with Gasteiger partial charge in [0.05, 0.1) is 13.2 Å². The molecule has 1 heterocycles. The molecule has 7 nitrogen and oxygen atoms in total. The van der Waals surface area contributed by atoms with Crippen molar-refractivity contribution in [3.8, 4) is 11.5 Å². The van der Waals surface area contributed by atoms with E-state index >= 15 is 0 Å². The third-order valence-corrected chi connectivity index (χ3v) is 3.72. The molecule has 124 valence electrons. The molecule has 3 N–H and O–H groups in total. The fraction of sp³-hybridized carbons (Fsp3) is 0.400. The molecule has 2 rings (SSSR count). The SMILES string of the molecule is CCOc1ccc(C(=O)NCCc2nnc(N)s2)cc1OCC. The number of ether oxygens (including phenoxy) is 2. The molecule has 0 bridgehead atoms. The maximum atomic E-state index is 12.2. The van der Waals surface area contributed by atoms with Gasteiger partial charge in [0.2, 0.25) is 5.13 Å². The number of rotatable bonds is 8. The molecule has 0 fully saturated rings. The van der Waals surface area contributed by atoms with Crippen LogP contribution in [0, 0.1) is 0 Å². The van der Waals surface area contributed by atoms with Gasteiger partial charge in [0.15, 0.2) is 11.5 Å². The molecule has 1 amide bonds. The van der Waals surface area contributed by atoms with Crippen molar-refractivity contribution >= 4 is 22.4 Å². The minimum Gasteiger partial charge on any atom is -0.490 e. The van der Waals surface area contributed by atoms with Crippen LogP contribution in [0.2, 0.25) is 0 Å². The lowest BCUT2D eigenvalue weighted by Gasteiger charge is -2.12. The first-order valence-corrected chi connectivity index (χ1v) is 8.21. The lowest BCUT2D eigenvalue weighted by atomic mass is 10.2. The van der Waals surface area contributed by atoms with Crippen LogP contribution in [0.5, 0.6) is 11.5 Å². The number of carbonyl (C=O) groups excluding carboxylic acids is 1. The van der Waals surface area contributed by atoms with Gasteiger partial charge in [-0.05, 0) is 32.0 Å². The first kappa shape index (κ1) is 17.0. The van der Waals surface area contributed by atoms with E-state index in [9.17, 15) is 4.79 Å². The highest BCUT2D eigenvalue weighted by atomic mass is 32.1. The maximum absolute atomic E-state index is 12.2. The Morgan fingerprint density at radius 3 is 2.61 bits per heavy atom. The predicted octanol–water partition coefficient (Wildman–Crippen LogP) is 1.89. The average molecular weight is 336 g/mol.